The number of carbonyl (C=O) groups is 1. The van der Waals surface area contributed by atoms with Crippen LogP contribution in [0.15, 0.2) is 46.2 Å². The van der Waals surface area contributed by atoms with Gasteiger partial charge in [-0.05, 0) is 41.9 Å². The molecule has 0 atom stereocenters. The lowest BCUT2D eigenvalue weighted by Gasteiger charge is -2.08. The number of benzene rings is 2. The first-order chi connectivity index (χ1) is 8.99. The van der Waals surface area contributed by atoms with Gasteiger partial charge in [-0.25, -0.2) is 4.39 Å². The van der Waals surface area contributed by atoms with Crippen molar-refractivity contribution in [3.8, 4) is 0 Å². The molecule has 2 aromatic rings. The normalized spacial score (nSPS) is 10.5. The molecule has 1 nitrogen and oxygen atoms in total. The van der Waals surface area contributed by atoms with Gasteiger partial charge in [0.15, 0.2) is 0 Å². The second kappa shape index (κ2) is 6.14. The number of hydrogen-bond acceptors (Lipinski definition) is 2. The van der Waals surface area contributed by atoms with Crippen LogP contribution in [-0.2, 0) is 0 Å². The monoisotopic (exact) mass is 334 g/mol. The molecule has 98 valence electrons. The molecule has 0 N–H and O–H groups in total. The Morgan fingerprint density at radius 1 is 1.16 bits per heavy atom. The van der Waals surface area contributed by atoms with E-state index in [2.05, 4.69) is 0 Å². The molecule has 0 aliphatic carbocycles. The van der Waals surface area contributed by atoms with Crippen LogP contribution in [-0.4, -0.2) is 5.24 Å². The lowest BCUT2D eigenvalue weighted by atomic mass is 10.2. The van der Waals surface area contributed by atoms with Gasteiger partial charge in [0, 0.05) is 9.92 Å². The molecule has 0 aliphatic heterocycles. The molecule has 0 amide bonds. The summed E-state index contributed by atoms with van der Waals surface area (Å²) in [5.41, 5.74) is 0.109. The van der Waals surface area contributed by atoms with Crippen LogP contribution in [0.5, 0.6) is 0 Å². The fourth-order valence-corrected chi connectivity index (χ4v) is 3.12. The van der Waals surface area contributed by atoms with Crippen molar-refractivity contribution in [2.75, 3.05) is 0 Å². The Kier molecular flexibility index (Phi) is 4.74. The van der Waals surface area contributed by atoms with Crippen LogP contribution in [0.1, 0.15) is 10.4 Å². The molecular weight excluding hydrogens is 330 g/mol. The third-order valence-corrected chi connectivity index (χ3v) is 4.34. The summed E-state index contributed by atoms with van der Waals surface area (Å²) in [7, 11) is 0. The molecule has 0 aliphatic rings. The Bertz CT molecular complexity index is 646. The van der Waals surface area contributed by atoms with Gasteiger partial charge in [-0.2, -0.15) is 0 Å². The minimum Gasteiger partial charge on any atom is -0.276 e. The van der Waals surface area contributed by atoms with Crippen molar-refractivity contribution in [2.45, 2.75) is 9.79 Å². The number of halogens is 4. The van der Waals surface area contributed by atoms with E-state index in [4.69, 9.17) is 34.8 Å². The first kappa shape index (κ1) is 14.7. The second-order valence-electron chi connectivity index (χ2n) is 3.57. The third kappa shape index (κ3) is 3.42. The number of rotatable bonds is 3. The molecule has 0 unspecified atom stereocenters. The molecule has 2 aromatic carbocycles. The van der Waals surface area contributed by atoms with Crippen molar-refractivity contribution in [3.05, 3.63) is 57.8 Å². The number of hydrogen-bond donors (Lipinski definition) is 0. The zero-order valence-electron chi connectivity index (χ0n) is 9.29. The van der Waals surface area contributed by atoms with E-state index in [1.165, 1.54) is 18.2 Å². The van der Waals surface area contributed by atoms with Crippen LogP contribution in [0.2, 0.25) is 10.0 Å². The van der Waals surface area contributed by atoms with Gasteiger partial charge in [0.1, 0.15) is 5.82 Å². The molecule has 0 fully saturated rings. The van der Waals surface area contributed by atoms with Crippen molar-refractivity contribution in [1.29, 1.82) is 0 Å². The topological polar surface area (TPSA) is 17.1 Å². The van der Waals surface area contributed by atoms with Gasteiger partial charge in [-0.1, -0.05) is 41.0 Å². The molecule has 0 heterocycles. The van der Waals surface area contributed by atoms with Crippen molar-refractivity contribution < 1.29 is 9.18 Å². The van der Waals surface area contributed by atoms with Crippen LogP contribution in [0.25, 0.3) is 0 Å². The van der Waals surface area contributed by atoms with Crippen molar-refractivity contribution in [2.24, 2.45) is 0 Å². The molecule has 0 radical (unpaired) electrons. The SMILES string of the molecule is O=C(Cl)c1cccc(F)c1Sc1ccc(Cl)cc1Cl. The van der Waals surface area contributed by atoms with Gasteiger partial charge in [0.2, 0.25) is 0 Å². The first-order valence-electron chi connectivity index (χ1n) is 5.10. The summed E-state index contributed by atoms with van der Waals surface area (Å²) < 4.78 is 13.8. The number of carbonyl (C=O) groups excluding carboxylic acids is 1. The molecule has 19 heavy (non-hydrogen) atoms. The third-order valence-electron chi connectivity index (χ3n) is 2.28. The highest BCUT2D eigenvalue weighted by Gasteiger charge is 2.16. The molecule has 2 rings (SSSR count). The minimum absolute atomic E-state index is 0.109. The lowest BCUT2D eigenvalue weighted by molar-refractivity contribution is 0.107. The first-order valence-corrected chi connectivity index (χ1v) is 7.05. The highest BCUT2D eigenvalue weighted by Crippen LogP contribution is 2.38. The highest BCUT2D eigenvalue weighted by molar-refractivity contribution is 7.99. The van der Waals surface area contributed by atoms with E-state index in [0.29, 0.717) is 14.9 Å². The molecule has 0 spiro atoms. The summed E-state index contributed by atoms with van der Waals surface area (Å²) in [6.07, 6.45) is 0. The van der Waals surface area contributed by atoms with Crippen molar-refractivity contribution in [3.63, 3.8) is 0 Å². The van der Waals surface area contributed by atoms with Crippen LogP contribution in [0, 0.1) is 5.82 Å². The smallest absolute Gasteiger partial charge is 0.253 e. The van der Waals surface area contributed by atoms with E-state index in [1.54, 1.807) is 18.2 Å². The van der Waals surface area contributed by atoms with E-state index in [1.807, 2.05) is 0 Å². The molecule has 6 heteroatoms. The molecule has 0 saturated carbocycles. The quantitative estimate of drug-likeness (QED) is 0.673. The zero-order chi connectivity index (χ0) is 14.0. The van der Waals surface area contributed by atoms with Crippen LogP contribution in [0.4, 0.5) is 4.39 Å². The largest absolute Gasteiger partial charge is 0.276 e. The molecule has 0 aromatic heterocycles. The maximum absolute atomic E-state index is 13.8. The molecule has 0 saturated heterocycles. The Balaban J connectivity index is 2.46. The Morgan fingerprint density at radius 2 is 1.89 bits per heavy atom. The van der Waals surface area contributed by atoms with Gasteiger partial charge in [0.05, 0.1) is 15.5 Å². The molecular formula is C13H6Cl3FOS. The predicted octanol–water partition coefficient (Wildman–Crippen LogP) is 5.66. The van der Waals surface area contributed by atoms with E-state index in [9.17, 15) is 9.18 Å². The summed E-state index contributed by atoms with van der Waals surface area (Å²) in [6.45, 7) is 0. The standard InChI is InChI=1S/C13H6Cl3FOS/c14-7-4-5-11(9(15)6-7)19-12-8(13(16)18)2-1-3-10(12)17/h1-6H. The predicted molar refractivity (Wildman–Crippen MR) is 77.2 cm³/mol. The van der Waals surface area contributed by atoms with Crippen LogP contribution in [0.3, 0.4) is 0 Å². The summed E-state index contributed by atoms with van der Waals surface area (Å²) in [5.74, 6) is -0.525. The molecule has 0 bridgehead atoms. The van der Waals surface area contributed by atoms with E-state index >= 15 is 0 Å². The van der Waals surface area contributed by atoms with E-state index < -0.39 is 11.1 Å². The van der Waals surface area contributed by atoms with Crippen molar-refractivity contribution in [1.82, 2.24) is 0 Å². The Morgan fingerprint density at radius 3 is 2.53 bits per heavy atom. The van der Waals surface area contributed by atoms with Crippen LogP contribution >= 0.6 is 46.6 Å². The van der Waals surface area contributed by atoms with Gasteiger partial charge < -0.3 is 0 Å². The van der Waals surface area contributed by atoms with E-state index in [0.717, 1.165) is 11.8 Å². The second-order valence-corrected chi connectivity index (χ2v) is 5.81. The van der Waals surface area contributed by atoms with Gasteiger partial charge in [-0.3, -0.25) is 4.79 Å². The Hall–Kier alpha value is -0.740. The Labute approximate surface area is 128 Å². The highest BCUT2D eigenvalue weighted by atomic mass is 35.5. The fourth-order valence-electron chi connectivity index (χ4n) is 1.44. The lowest BCUT2D eigenvalue weighted by Crippen LogP contribution is -1.95. The van der Waals surface area contributed by atoms with Crippen molar-refractivity contribution >= 4 is 51.8 Å². The summed E-state index contributed by atoms with van der Waals surface area (Å²) in [4.78, 5) is 12.0. The zero-order valence-corrected chi connectivity index (χ0v) is 12.4. The summed E-state index contributed by atoms with van der Waals surface area (Å²) in [6, 6.07) is 9.00. The van der Waals surface area contributed by atoms with Crippen LogP contribution < -0.4 is 0 Å². The average Bonchev–Trinajstić information content (AvgIpc) is 2.34. The van der Waals surface area contributed by atoms with Gasteiger partial charge in [0.25, 0.3) is 5.24 Å². The fraction of sp³-hybridized carbons (Fsp3) is 0. The summed E-state index contributed by atoms with van der Waals surface area (Å²) >= 11 is 18.3. The maximum Gasteiger partial charge on any atom is 0.253 e. The van der Waals surface area contributed by atoms with Gasteiger partial charge >= 0.3 is 0 Å². The van der Waals surface area contributed by atoms with Gasteiger partial charge in [-0.15, -0.1) is 0 Å². The minimum atomic E-state index is -0.716. The average molecular weight is 336 g/mol. The summed E-state index contributed by atoms with van der Waals surface area (Å²) in [5, 5.41) is 0.150. The van der Waals surface area contributed by atoms with E-state index in [-0.39, 0.29) is 10.5 Å². The maximum atomic E-state index is 13.8.